The second-order valence-electron chi connectivity index (χ2n) is 3.98. The molecule has 1 fully saturated rings. The van der Waals surface area contributed by atoms with Gasteiger partial charge in [0.25, 0.3) is 0 Å². The van der Waals surface area contributed by atoms with Crippen LogP contribution in [0.2, 0.25) is 0 Å². The Bertz CT molecular complexity index is 354. The van der Waals surface area contributed by atoms with Gasteiger partial charge >= 0.3 is 0 Å². The zero-order valence-electron chi connectivity index (χ0n) is 8.77. The number of carbonyl (C=O) groups excluding carboxylic acids is 2. The molecule has 4 nitrogen and oxygen atoms in total. The number of amides is 1. The van der Waals surface area contributed by atoms with Gasteiger partial charge in [-0.1, -0.05) is 6.92 Å². The first kappa shape index (κ1) is 10.1. The van der Waals surface area contributed by atoms with Crippen molar-refractivity contribution in [2.75, 3.05) is 7.11 Å². The van der Waals surface area contributed by atoms with Crippen LogP contribution in [0.4, 0.5) is 0 Å². The van der Waals surface area contributed by atoms with Crippen LogP contribution in [-0.2, 0) is 14.4 Å². The van der Waals surface area contributed by atoms with Gasteiger partial charge in [-0.15, -0.1) is 0 Å². The highest BCUT2D eigenvalue weighted by Crippen LogP contribution is 2.37. The van der Waals surface area contributed by atoms with Crippen molar-refractivity contribution in [3.05, 3.63) is 24.3 Å². The summed E-state index contributed by atoms with van der Waals surface area (Å²) in [6, 6.07) is 0. The van der Waals surface area contributed by atoms with E-state index in [9.17, 15) is 9.59 Å². The lowest BCUT2D eigenvalue weighted by Gasteiger charge is -2.31. The molecule has 1 aliphatic carbocycles. The minimum atomic E-state index is -0.556. The Hall–Kier alpha value is -1.42. The molecule has 15 heavy (non-hydrogen) atoms. The molecule has 0 aromatic carbocycles. The minimum absolute atomic E-state index is 0.0406. The summed E-state index contributed by atoms with van der Waals surface area (Å²) in [4.78, 5) is 27.9. The Balaban J connectivity index is 2.37. The average molecular weight is 207 g/mol. The number of hydrogen-bond acceptors (Lipinski definition) is 3. The van der Waals surface area contributed by atoms with Crippen molar-refractivity contribution >= 4 is 11.7 Å². The van der Waals surface area contributed by atoms with E-state index in [0.717, 1.165) is 0 Å². The van der Waals surface area contributed by atoms with E-state index in [1.165, 1.54) is 24.3 Å². The van der Waals surface area contributed by atoms with Gasteiger partial charge in [0.15, 0.2) is 5.78 Å². The molecule has 2 aliphatic rings. The van der Waals surface area contributed by atoms with Crippen molar-refractivity contribution in [3.63, 3.8) is 0 Å². The smallest absolute Gasteiger partial charge is 0.250 e. The number of hydroxylamine groups is 2. The maximum atomic E-state index is 11.7. The normalized spacial score (nSPS) is 28.1. The van der Waals surface area contributed by atoms with Gasteiger partial charge in [0.2, 0.25) is 5.91 Å². The molecular weight excluding hydrogens is 194 g/mol. The summed E-state index contributed by atoms with van der Waals surface area (Å²) in [5, 5.41) is 1.34. The van der Waals surface area contributed by atoms with E-state index in [2.05, 4.69) is 0 Å². The Morgan fingerprint density at radius 2 is 2.00 bits per heavy atom. The van der Waals surface area contributed by atoms with Gasteiger partial charge in [-0.3, -0.25) is 14.4 Å². The molecular formula is C11H13NO3. The monoisotopic (exact) mass is 207 g/mol. The number of nitrogens with zero attached hydrogens (tertiary/aromatic N) is 1. The number of ketones is 1. The zero-order valence-corrected chi connectivity index (χ0v) is 8.77. The molecule has 80 valence electrons. The van der Waals surface area contributed by atoms with E-state index in [4.69, 9.17) is 4.84 Å². The number of carbonyl (C=O) groups is 2. The first-order valence-corrected chi connectivity index (χ1v) is 4.90. The van der Waals surface area contributed by atoms with Gasteiger partial charge in [0.05, 0.1) is 7.11 Å². The van der Waals surface area contributed by atoms with Crippen LogP contribution in [0.5, 0.6) is 0 Å². The average Bonchev–Trinajstić information content (AvgIpc) is 2.45. The highest BCUT2D eigenvalue weighted by atomic mass is 16.7. The molecule has 0 bridgehead atoms. The predicted molar refractivity (Wildman–Crippen MR) is 53.7 cm³/mol. The molecule has 1 amide bonds. The lowest BCUT2D eigenvalue weighted by molar-refractivity contribution is -0.183. The quantitative estimate of drug-likeness (QED) is 0.640. The van der Waals surface area contributed by atoms with E-state index in [1.807, 2.05) is 6.92 Å². The van der Waals surface area contributed by atoms with Crippen molar-refractivity contribution in [1.29, 1.82) is 0 Å². The second-order valence-corrected chi connectivity index (χ2v) is 3.98. The lowest BCUT2D eigenvalue weighted by Crippen LogP contribution is -2.43. The zero-order chi connectivity index (χ0) is 11.1. The van der Waals surface area contributed by atoms with Crippen molar-refractivity contribution in [1.82, 2.24) is 5.06 Å². The van der Waals surface area contributed by atoms with Crippen molar-refractivity contribution < 1.29 is 14.4 Å². The van der Waals surface area contributed by atoms with Crippen LogP contribution in [-0.4, -0.2) is 29.4 Å². The number of hydrogen-bond donors (Lipinski definition) is 0. The Morgan fingerprint density at radius 1 is 1.40 bits per heavy atom. The van der Waals surface area contributed by atoms with Gasteiger partial charge in [-0.05, 0) is 30.7 Å². The molecule has 0 aromatic rings. The standard InChI is InChI=1S/C11H13NO3/c1-8-7-11(12(15-2)10(8)14)5-3-9(13)4-6-11/h3-6,8H,7H2,1-2H3/t8-/m0/s1. The molecule has 1 spiro atoms. The largest absolute Gasteiger partial charge is 0.290 e. The predicted octanol–water partition coefficient (Wildman–Crippen LogP) is 0.850. The van der Waals surface area contributed by atoms with E-state index in [1.54, 1.807) is 12.2 Å². The highest BCUT2D eigenvalue weighted by molar-refractivity contribution is 6.01. The summed E-state index contributed by atoms with van der Waals surface area (Å²) < 4.78 is 0. The molecule has 0 radical (unpaired) electrons. The van der Waals surface area contributed by atoms with Crippen molar-refractivity contribution in [3.8, 4) is 0 Å². The van der Waals surface area contributed by atoms with Crippen LogP contribution in [0, 0.1) is 5.92 Å². The van der Waals surface area contributed by atoms with Gasteiger partial charge < -0.3 is 0 Å². The molecule has 1 aliphatic heterocycles. The molecule has 2 rings (SSSR count). The topological polar surface area (TPSA) is 46.6 Å². The molecule has 0 saturated carbocycles. The van der Waals surface area contributed by atoms with Crippen LogP contribution in [0.25, 0.3) is 0 Å². The molecule has 1 heterocycles. The maximum Gasteiger partial charge on any atom is 0.250 e. The van der Waals surface area contributed by atoms with Gasteiger partial charge in [-0.25, -0.2) is 5.06 Å². The number of rotatable bonds is 1. The molecule has 1 atom stereocenters. The third kappa shape index (κ3) is 1.41. The van der Waals surface area contributed by atoms with Crippen LogP contribution < -0.4 is 0 Å². The third-order valence-corrected chi connectivity index (χ3v) is 2.89. The highest BCUT2D eigenvalue weighted by Gasteiger charge is 2.47. The second kappa shape index (κ2) is 3.31. The van der Waals surface area contributed by atoms with Crippen molar-refractivity contribution in [2.45, 2.75) is 18.9 Å². The van der Waals surface area contributed by atoms with E-state index >= 15 is 0 Å². The number of allylic oxidation sites excluding steroid dienone is 2. The van der Waals surface area contributed by atoms with Crippen LogP contribution in [0.3, 0.4) is 0 Å². The molecule has 0 aromatic heterocycles. The summed E-state index contributed by atoms with van der Waals surface area (Å²) in [7, 11) is 1.47. The molecule has 0 N–H and O–H groups in total. The van der Waals surface area contributed by atoms with E-state index in [0.29, 0.717) is 6.42 Å². The molecule has 1 saturated heterocycles. The van der Waals surface area contributed by atoms with Crippen LogP contribution >= 0.6 is 0 Å². The summed E-state index contributed by atoms with van der Waals surface area (Å²) in [5.41, 5.74) is -0.556. The summed E-state index contributed by atoms with van der Waals surface area (Å²) >= 11 is 0. The fraction of sp³-hybridized carbons (Fsp3) is 0.455. The van der Waals surface area contributed by atoms with E-state index in [-0.39, 0.29) is 17.6 Å². The Kier molecular flexibility index (Phi) is 2.23. The molecule has 4 heteroatoms. The van der Waals surface area contributed by atoms with Gasteiger partial charge in [0, 0.05) is 5.92 Å². The summed E-state index contributed by atoms with van der Waals surface area (Å²) in [5.74, 6) is -0.169. The van der Waals surface area contributed by atoms with E-state index < -0.39 is 5.54 Å². The first-order valence-electron chi connectivity index (χ1n) is 4.90. The van der Waals surface area contributed by atoms with Gasteiger partial charge in [0.1, 0.15) is 5.54 Å². The lowest BCUT2D eigenvalue weighted by atomic mass is 9.89. The fourth-order valence-corrected chi connectivity index (χ4v) is 2.16. The van der Waals surface area contributed by atoms with Gasteiger partial charge in [-0.2, -0.15) is 0 Å². The Labute approximate surface area is 88.1 Å². The van der Waals surface area contributed by atoms with Crippen LogP contribution in [0.1, 0.15) is 13.3 Å². The first-order chi connectivity index (χ1) is 7.09. The molecule has 0 unspecified atom stereocenters. The minimum Gasteiger partial charge on any atom is -0.290 e. The fourth-order valence-electron chi connectivity index (χ4n) is 2.16. The third-order valence-electron chi connectivity index (χ3n) is 2.89. The summed E-state index contributed by atoms with van der Waals surface area (Å²) in [6.07, 6.45) is 7.09. The SMILES string of the molecule is CON1C(=O)[C@@H](C)CC12C=CC(=O)C=C2. The van der Waals surface area contributed by atoms with Crippen LogP contribution in [0.15, 0.2) is 24.3 Å². The maximum absolute atomic E-state index is 11.7. The van der Waals surface area contributed by atoms with Crippen molar-refractivity contribution in [2.24, 2.45) is 5.92 Å². The summed E-state index contributed by atoms with van der Waals surface area (Å²) in [6.45, 7) is 1.86. The Morgan fingerprint density at radius 3 is 2.53 bits per heavy atom.